The van der Waals surface area contributed by atoms with Crippen LogP contribution in [0, 0.1) is 5.92 Å². The Hall–Kier alpha value is -2.47. The van der Waals surface area contributed by atoms with Crippen molar-refractivity contribution in [3.05, 3.63) is 47.2 Å². The van der Waals surface area contributed by atoms with Crippen molar-refractivity contribution in [1.82, 2.24) is 9.97 Å². The molecule has 0 atom stereocenters. The van der Waals surface area contributed by atoms with Gasteiger partial charge >= 0.3 is 0 Å². The Balaban J connectivity index is 1.62. The van der Waals surface area contributed by atoms with Crippen LogP contribution in [0.3, 0.4) is 0 Å². The number of carbonyl (C=O) groups is 1. The molecule has 0 aliphatic heterocycles. The molecule has 1 aliphatic rings. The molecule has 2 aromatic heterocycles. The highest BCUT2D eigenvalue weighted by Gasteiger charge is 2.23. The van der Waals surface area contributed by atoms with E-state index in [0.29, 0.717) is 23.0 Å². The second kappa shape index (κ2) is 7.64. The highest BCUT2D eigenvalue weighted by Crippen LogP contribution is 2.40. The van der Waals surface area contributed by atoms with Gasteiger partial charge in [-0.1, -0.05) is 25.8 Å². The van der Waals surface area contributed by atoms with Crippen LogP contribution in [0.15, 0.2) is 36.5 Å². The monoisotopic (exact) mass is 381 g/mol. The first-order valence-electron chi connectivity index (χ1n) is 9.35. The lowest BCUT2D eigenvalue weighted by molar-refractivity contribution is 0.102. The molecule has 27 heavy (non-hydrogen) atoms. The zero-order chi connectivity index (χ0) is 18.8. The quantitative estimate of drug-likeness (QED) is 0.671. The first kappa shape index (κ1) is 17.9. The van der Waals surface area contributed by atoms with Crippen LogP contribution < -0.4 is 10.1 Å². The van der Waals surface area contributed by atoms with Crippen LogP contribution in [0.25, 0.3) is 10.2 Å². The van der Waals surface area contributed by atoms with Crippen molar-refractivity contribution in [3.63, 3.8) is 0 Å². The van der Waals surface area contributed by atoms with Gasteiger partial charge < -0.3 is 10.1 Å². The molecule has 1 fully saturated rings. The second-order valence-electron chi connectivity index (χ2n) is 7.20. The highest BCUT2D eigenvalue weighted by atomic mass is 32.1. The molecule has 4 rings (SSSR count). The third kappa shape index (κ3) is 3.81. The molecular weight excluding hydrogens is 358 g/mol. The van der Waals surface area contributed by atoms with E-state index in [2.05, 4.69) is 17.2 Å². The van der Waals surface area contributed by atoms with Gasteiger partial charge in [0.25, 0.3) is 5.91 Å². The molecule has 140 valence electrons. The van der Waals surface area contributed by atoms with Crippen molar-refractivity contribution in [2.45, 2.75) is 38.5 Å². The minimum Gasteiger partial charge on any atom is -0.494 e. The number of pyridine rings is 1. The lowest BCUT2D eigenvalue weighted by atomic mass is 9.83. The van der Waals surface area contributed by atoms with E-state index in [1.54, 1.807) is 42.8 Å². The Morgan fingerprint density at radius 2 is 2.04 bits per heavy atom. The van der Waals surface area contributed by atoms with Crippen LogP contribution in [-0.2, 0) is 0 Å². The highest BCUT2D eigenvalue weighted by molar-refractivity contribution is 7.18. The van der Waals surface area contributed by atoms with E-state index in [1.165, 1.54) is 30.7 Å². The Morgan fingerprint density at radius 3 is 2.74 bits per heavy atom. The van der Waals surface area contributed by atoms with Crippen molar-refractivity contribution in [2.24, 2.45) is 5.92 Å². The first-order valence-corrected chi connectivity index (χ1v) is 10.2. The molecule has 1 aliphatic carbocycles. The minimum absolute atomic E-state index is 0.251. The van der Waals surface area contributed by atoms with Crippen LogP contribution in [0.4, 0.5) is 5.69 Å². The van der Waals surface area contributed by atoms with Crippen molar-refractivity contribution in [1.29, 1.82) is 0 Å². The molecule has 0 bridgehead atoms. The summed E-state index contributed by atoms with van der Waals surface area (Å²) in [5.74, 6) is 1.74. The van der Waals surface area contributed by atoms with E-state index in [1.807, 2.05) is 12.1 Å². The molecule has 0 spiro atoms. The summed E-state index contributed by atoms with van der Waals surface area (Å²) in [6.07, 6.45) is 6.57. The van der Waals surface area contributed by atoms with Gasteiger partial charge in [0.15, 0.2) is 0 Å². The summed E-state index contributed by atoms with van der Waals surface area (Å²) in [7, 11) is 1.60. The summed E-state index contributed by atoms with van der Waals surface area (Å²) in [5.41, 5.74) is 1.95. The number of anilines is 1. The maximum atomic E-state index is 12.5. The minimum atomic E-state index is -0.251. The number of hydrogen-bond donors (Lipinski definition) is 1. The maximum absolute atomic E-state index is 12.5. The Labute approximate surface area is 162 Å². The fourth-order valence-electron chi connectivity index (χ4n) is 3.60. The number of ether oxygens (including phenoxy) is 1. The predicted octanol–water partition coefficient (Wildman–Crippen LogP) is 5.25. The summed E-state index contributed by atoms with van der Waals surface area (Å²) in [4.78, 5) is 21.4. The Bertz CT molecular complexity index is 947. The van der Waals surface area contributed by atoms with E-state index in [4.69, 9.17) is 9.72 Å². The lowest BCUT2D eigenvalue weighted by Gasteiger charge is -2.24. The number of nitrogens with zero attached hydrogens (tertiary/aromatic N) is 2. The van der Waals surface area contributed by atoms with Crippen molar-refractivity contribution < 1.29 is 9.53 Å². The number of benzene rings is 1. The number of carbonyl (C=O) groups excluding carboxylic acids is 1. The van der Waals surface area contributed by atoms with Crippen LogP contribution >= 0.6 is 11.3 Å². The number of aromatic nitrogens is 2. The normalized spacial score (nSPS) is 19.8. The second-order valence-corrected chi connectivity index (χ2v) is 8.26. The number of hydrogen-bond acceptors (Lipinski definition) is 5. The SMILES string of the molecule is COc1cc2nc([C@H]3CC[C@H](C)CC3)sc2cc1NC(=O)c1ccccn1. The van der Waals surface area contributed by atoms with Crippen LogP contribution in [0.2, 0.25) is 0 Å². The number of rotatable bonds is 4. The van der Waals surface area contributed by atoms with Gasteiger partial charge in [0.2, 0.25) is 0 Å². The van der Waals surface area contributed by atoms with Gasteiger partial charge in [0.1, 0.15) is 11.4 Å². The van der Waals surface area contributed by atoms with Gasteiger partial charge in [-0.3, -0.25) is 9.78 Å². The fourth-order valence-corrected chi connectivity index (χ4v) is 4.76. The van der Waals surface area contributed by atoms with Gasteiger partial charge in [-0.05, 0) is 37.0 Å². The number of fused-ring (bicyclic) bond motifs is 1. The van der Waals surface area contributed by atoms with Crippen LogP contribution in [0.5, 0.6) is 5.75 Å². The molecule has 0 unspecified atom stereocenters. The maximum Gasteiger partial charge on any atom is 0.274 e. The standard InChI is InChI=1S/C21H23N3O2S/c1-13-6-8-14(9-7-13)21-24-17-11-18(26-2)16(12-19(17)27-21)23-20(25)15-5-3-4-10-22-15/h3-5,10-14H,6-9H2,1-2H3,(H,23,25)/t13-,14-. The van der Waals surface area contributed by atoms with Crippen LogP contribution in [-0.4, -0.2) is 23.0 Å². The summed E-state index contributed by atoms with van der Waals surface area (Å²) in [5, 5.41) is 4.12. The molecule has 0 saturated heterocycles. The van der Waals surface area contributed by atoms with E-state index in [9.17, 15) is 4.79 Å². The third-order valence-electron chi connectivity index (χ3n) is 5.24. The average Bonchev–Trinajstić information content (AvgIpc) is 3.11. The molecule has 1 N–H and O–H groups in total. The van der Waals surface area contributed by atoms with Gasteiger partial charge in [-0.2, -0.15) is 0 Å². The first-order chi connectivity index (χ1) is 13.1. The smallest absolute Gasteiger partial charge is 0.274 e. The average molecular weight is 382 g/mol. The van der Waals surface area contributed by atoms with E-state index < -0.39 is 0 Å². The summed E-state index contributed by atoms with van der Waals surface area (Å²) < 4.78 is 6.56. The molecule has 1 amide bonds. The summed E-state index contributed by atoms with van der Waals surface area (Å²) in [6.45, 7) is 2.33. The van der Waals surface area contributed by atoms with Gasteiger partial charge in [-0.25, -0.2) is 4.98 Å². The molecule has 3 aromatic rings. The molecule has 2 heterocycles. The third-order valence-corrected chi connectivity index (χ3v) is 6.42. The van der Waals surface area contributed by atoms with E-state index >= 15 is 0 Å². The summed E-state index contributed by atoms with van der Waals surface area (Å²) in [6, 6.07) is 9.14. The van der Waals surface area contributed by atoms with Gasteiger partial charge in [-0.15, -0.1) is 11.3 Å². The van der Waals surface area contributed by atoms with Gasteiger partial charge in [0.05, 0.1) is 28.0 Å². The van der Waals surface area contributed by atoms with Crippen molar-refractivity contribution in [3.8, 4) is 5.75 Å². The zero-order valence-electron chi connectivity index (χ0n) is 15.6. The fraction of sp³-hybridized carbons (Fsp3) is 0.381. The van der Waals surface area contributed by atoms with Gasteiger partial charge in [0, 0.05) is 18.2 Å². The predicted molar refractivity (Wildman–Crippen MR) is 109 cm³/mol. The zero-order valence-corrected chi connectivity index (χ0v) is 16.4. The molecular formula is C21H23N3O2S. The van der Waals surface area contributed by atoms with Crippen LogP contribution in [0.1, 0.15) is 54.0 Å². The molecule has 6 heteroatoms. The number of thiazole rings is 1. The topological polar surface area (TPSA) is 64.1 Å². The largest absolute Gasteiger partial charge is 0.494 e. The number of methoxy groups -OCH3 is 1. The van der Waals surface area contributed by atoms with E-state index in [0.717, 1.165) is 16.1 Å². The molecule has 1 aromatic carbocycles. The molecule has 5 nitrogen and oxygen atoms in total. The molecule has 0 radical (unpaired) electrons. The Morgan fingerprint density at radius 1 is 1.22 bits per heavy atom. The number of nitrogens with one attached hydrogen (secondary N) is 1. The summed E-state index contributed by atoms with van der Waals surface area (Å²) >= 11 is 1.73. The Kier molecular flexibility index (Phi) is 5.07. The van der Waals surface area contributed by atoms with Crippen molar-refractivity contribution >= 4 is 33.1 Å². The van der Waals surface area contributed by atoms with E-state index in [-0.39, 0.29) is 5.91 Å². The number of amides is 1. The lowest BCUT2D eigenvalue weighted by Crippen LogP contribution is -2.13. The van der Waals surface area contributed by atoms with Crippen molar-refractivity contribution in [2.75, 3.05) is 12.4 Å². The molecule has 1 saturated carbocycles.